The molecule has 332 valence electrons. The Labute approximate surface area is 290 Å². The normalized spacial score (nSPS) is 17.2. The third-order valence-electron chi connectivity index (χ3n) is 5.58. The molecule has 0 bridgehead atoms. The summed E-state index contributed by atoms with van der Waals surface area (Å²) >= 11 is 0. The SMILES string of the molecule is CC(C)OCCC(C)(C)OCC(COC(F)(F)C(F)OC(F)(F)C(F)(F)C(F)(F)OC(F)(F)F)OC(F)(F)C(F)OC(F)(F)C(F)(F)C(F)(F)OC(F)(F)F. The Morgan fingerprint density at radius 2 is 0.800 bits per heavy atom. The molecule has 32 heteroatoms. The van der Waals surface area contributed by atoms with Gasteiger partial charge in [-0.25, -0.2) is 18.3 Å². The van der Waals surface area contributed by atoms with Crippen LogP contribution in [0.5, 0.6) is 0 Å². The molecule has 55 heavy (non-hydrogen) atoms. The van der Waals surface area contributed by atoms with Gasteiger partial charge in [0.2, 0.25) is 0 Å². The summed E-state index contributed by atoms with van der Waals surface area (Å²) in [5.41, 5.74) is -1.75. The smallest absolute Gasteiger partial charge is 0.379 e. The minimum atomic E-state index is -7.68. The van der Waals surface area contributed by atoms with Crippen LogP contribution in [0.25, 0.3) is 0 Å². The monoisotopic (exact) mass is 884 g/mol. The van der Waals surface area contributed by atoms with Crippen molar-refractivity contribution < 1.29 is 143 Å². The van der Waals surface area contributed by atoms with Gasteiger partial charge in [0, 0.05) is 6.61 Å². The minimum Gasteiger partial charge on any atom is -0.379 e. The van der Waals surface area contributed by atoms with Gasteiger partial charge in [-0.1, -0.05) is 0 Å². The van der Waals surface area contributed by atoms with Crippen LogP contribution in [0, 0.1) is 0 Å². The van der Waals surface area contributed by atoms with Crippen molar-refractivity contribution in [1.82, 2.24) is 0 Å². The molecule has 0 aromatic carbocycles. The van der Waals surface area contributed by atoms with Crippen molar-refractivity contribution in [3.05, 3.63) is 0 Å². The lowest BCUT2D eigenvalue weighted by molar-refractivity contribution is -0.522. The summed E-state index contributed by atoms with van der Waals surface area (Å²) in [6.07, 6.45) is -71.3. The van der Waals surface area contributed by atoms with Crippen molar-refractivity contribution in [3.63, 3.8) is 0 Å². The van der Waals surface area contributed by atoms with E-state index in [0.717, 1.165) is 13.8 Å². The molecule has 0 saturated carbocycles. The van der Waals surface area contributed by atoms with Gasteiger partial charge in [0.25, 0.3) is 12.7 Å². The molecule has 0 rings (SSSR count). The van der Waals surface area contributed by atoms with Gasteiger partial charge < -0.3 is 18.9 Å². The Kier molecular flexibility index (Phi) is 16.8. The Hall–Kier alpha value is -2.00. The predicted molar refractivity (Wildman–Crippen MR) is 122 cm³/mol. The van der Waals surface area contributed by atoms with Crippen molar-refractivity contribution in [2.24, 2.45) is 0 Å². The Balaban J connectivity index is 6.37. The van der Waals surface area contributed by atoms with Crippen molar-refractivity contribution in [3.8, 4) is 0 Å². The van der Waals surface area contributed by atoms with Gasteiger partial charge in [0.15, 0.2) is 0 Å². The summed E-state index contributed by atoms with van der Waals surface area (Å²) in [5, 5.41) is 0. The Morgan fingerprint density at radius 1 is 0.455 bits per heavy atom. The highest BCUT2D eigenvalue weighted by molar-refractivity contribution is 4.88. The second-order valence-electron chi connectivity index (χ2n) is 11.1. The van der Waals surface area contributed by atoms with Crippen LogP contribution in [0.15, 0.2) is 0 Å². The molecule has 0 aliphatic carbocycles. The molecule has 0 amide bonds. The van der Waals surface area contributed by atoms with Crippen LogP contribution < -0.4 is 0 Å². The van der Waals surface area contributed by atoms with E-state index in [2.05, 4.69) is 18.9 Å². The number of hydrogen-bond acceptors (Lipinski definition) is 8. The van der Waals surface area contributed by atoms with E-state index in [4.69, 9.17) is 9.47 Å². The molecular weight excluding hydrogens is 860 g/mol. The first-order chi connectivity index (χ1) is 23.9. The molecule has 0 aromatic rings. The Morgan fingerprint density at radius 3 is 1.15 bits per heavy atom. The maximum atomic E-state index is 14.4. The first kappa shape index (κ1) is 53.0. The topological polar surface area (TPSA) is 73.8 Å². The van der Waals surface area contributed by atoms with Crippen LogP contribution in [0.3, 0.4) is 0 Å². The molecule has 3 unspecified atom stereocenters. The average molecular weight is 884 g/mol. The molecule has 0 fully saturated rings. The van der Waals surface area contributed by atoms with E-state index in [1.54, 1.807) is 0 Å². The molecule has 0 spiro atoms. The van der Waals surface area contributed by atoms with Crippen molar-refractivity contribution >= 4 is 0 Å². The zero-order valence-electron chi connectivity index (χ0n) is 27.0. The van der Waals surface area contributed by atoms with Crippen molar-refractivity contribution in [1.29, 1.82) is 0 Å². The van der Waals surface area contributed by atoms with Crippen LogP contribution in [-0.4, -0.2) is 112 Å². The van der Waals surface area contributed by atoms with E-state index < -0.39 is 105 Å². The van der Waals surface area contributed by atoms with Gasteiger partial charge in [-0.3, -0.25) is 9.47 Å². The fourth-order valence-electron chi connectivity index (χ4n) is 2.90. The van der Waals surface area contributed by atoms with E-state index in [9.17, 15) is 105 Å². The number of alkyl halides is 24. The summed E-state index contributed by atoms with van der Waals surface area (Å²) in [6, 6.07) is 0. The Bertz CT molecular complexity index is 1190. The summed E-state index contributed by atoms with van der Waals surface area (Å²) in [4.78, 5) is 0. The summed E-state index contributed by atoms with van der Waals surface area (Å²) in [7, 11) is 0. The molecule has 0 saturated heterocycles. The fourth-order valence-corrected chi connectivity index (χ4v) is 2.90. The van der Waals surface area contributed by atoms with Gasteiger partial charge in [0.1, 0.15) is 6.10 Å². The van der Waals surface area contributed by atoms with Crippen molar-refractivity contribution in [2.75, 3.05) is 19.8 Å². The van der Waals surface area contributed by atoms with Gasteiger partial charge in [0.05, 0.1) is 24.9 Å². The van der Waals surface area contributed by atoms with Crippen LogP contribution in [0.1, 0.15) is 34.1 Å². The molecule has 0 aliphatic heterocycles. The van der Waals surface area contributed by atoms with E-state index >= 15 is 0 Å². The first-order valence-electron chi connectivity index (χ1n) is 13.6. The first-order valence-corrected chi connectivity index (χ1v) is 13.6. The summed E-state index contributed by atoms with van der Waals surface area (Å²) < 4.78 is 341. The predicted octanol–water partition coefficient (Wildman–Crippen LogP) is 9.52. The number of halogens is 24. The lowest BCUT2D eigenvalue weighted by Gasteiger charge is -2.35. The number of ether oxygens (including phenoxy) is 8. The molecule has 3 atom stereocenters. The van der Waals surface area contributed by atoms with Gasteiger partial charge in [-0.2, -0.15) is 70.2 Å². The highest BCUT2D eigenvalue weighted by atomic mass is 19.4. The molecular formula is C23H24F24O8. The zero-order valence-corrected chi connectivity index (χ0v) is 27.0. The maximum Gasteiger partial charge on any atom is 0.527 e. The van der Waals surface area contributed by atoms with Crippen LogP contribution in [0.2, 0.25) is 0 Å². The number of rotatable bonds is 24. The highest BCUT2D eigenvalue weighted by Gasteiger charge is 2.79. The molecule has 0 N–H and O–H groups in total. The maximum absolute atomic E-state index is 14.4. The molecule has 0 aromatic heterocycles. The van der Waals surface area contributed by atoms with E-state index in [0.29, 0.717) is 0 Å². The lowest BCUT2D eigenvalue weighted by atomic mass is 10.1. The van der Waals surface area contributed by atoms with E-state index in [1.807, 2.05) is 0 Å². The average Bonchev–Trinajstić information content (AvgIpc) is 2.90. The standard InChI is InChI=1S/C23H24F24O8/c1-9(2)48-6-5-13(3,4)49-7-10(51-15(28,29)12(25)53-19(36,37)17(32,33)21(40,41)55-23(45,46)47)8-50-14(26,27)11(24)52-18(34,35)16(30,31)20(38,39)54-22(42,43)44/h9-12H,5-8H2,1-4H3. The molecule has 0 radical (unpaired) electrons. The summed E-state index contributed by atoms with van der Waals surface area (Å²) in [6.45, 7) is 0.219. The van der Waals surface area contributed by atoms with Gasteiger partial charge in [-0.15, -0.1) is 26.3 Å². The quantitative estimate of drug-likeness (QED) is 0.0889. The highest BCUT2D eigenvalue weighted by Crippen LogP contribution is 2.52. The van der Waals surface area contributed by atoms with E-state index in [-0.39, 0.29) is 13.0 Å². The third-order valence-corrected chi connectivity index (χ3v) is 5.58. The van der Waals surface area contributed by atoms with Crippen LogP contribution >= 0.6 is 0 Å². The molecule has 0 aliphatic rings. The third kappa shape index (κ3) is 15.4. The van der Waals surface area contributed by atoms with Crippen molar-refractivity contribution in [2.45, 2.75) is 126 Å². The minimum absolute atomic E-state index is 0.292. The molecule has 8 nitrogen and oxygen atoms in total. The van der Waals surface area contributed by atoms with Gasteiger partial charge in [-0.05, 0) is 34.1 Å². The second-order valence-corrected chi connectivity index (χ2v) is 11.1. The van der Waals surface area contributed by atoms with Crippen LogP contribution in [-0.2, 0) is 37.9 Å². The zero-order chi connectivity index (χ0) is 44.3. The van der Waals surface area contributed by atoms with E-state index in [1.165, 1.54) is 23.3 Å². The lowest BCUT2D eigenvalue weighted by Crippen LogP contribution is -2.60. The second kappa shape index (κ2) is 17.5. The van der Waals surface area contributed by atoms with Crippen LogP contribution in [0.4, 0.5) is 105 Å². The van der Waals surface area contributed by atoms with Gasteiger partial charge >= 0.3 is 61.2 Å². The molecule has 0 heterocycles. The largest absolute Gasteiger partial charge is 0.527 e. The fraction of sp³-hybridized carbons (Fsp3) is 1.00. The summed E-state index contributed by atoms with van der Waals surface area (Å²) in [5.74, 6) is -15.3. The number of hydrogen-bond donors (Lipinski definition) is 0.